The molecule has 0 aromatic heterocycles. The zero-order valence-corrected chi connectivity index (χ0v) is 22.6. The van der Waals surface area contributed by atoms with Gasteiger partial charge < -0.3 is 18.9 Å². The molecular weight excluding hydrogens is 484 g/mol. The van der Waals surface area contributed by atoms with E-state index in [1.54, 1.807) is 0 Å². The maximum Gasteiger partial charge on any atom is 0.122 e. The van der Waals surface area contributed by atoms with Gasteiger partial charge >= 0.3 is 0 Å². The van der Waals surface area contributed by atoms with Gasteiger partial charge in [-0.15, -0.1) is 0 Å². The van der Waals surface area contributed by atoms with E-state index in [0.29, 0.717) is 25.0 Å². The van der Waals surface area contributed by atoms with E-state index in [1.165, 1.54) is 33.4 Å². The molecule has 0 spiro atoms. The molecule has 2 heterocycles. The van der Waals surface area contributed by atoms with Gasteiger partial charge in [-0.25, -0.2) is 0 Å². The fourth-order valence-corrected chi connectivity index (χ4v) is 6.29. The largest absolute Gasteiger partial charge is 0.493 e. The fourth-order valence-electron chi connectivity index (χ4n) is 6.29. The summed E-state index contributed by atoms with van der Waals surface area (Å²) in [5, 5.41) is 0. The van der Waals surface area contributed by atoms with E-state index >= 15 is 0 Å². The maximum absolute atomic E-state index is 6.23. The van der Waals surface area contributed by atoms with E-state index < -0.39 is 5.41 Å². The van der Waals surface area contributed by atoms with Gasteiger partial charge in [0.15, 0.2) is 0 Å². The zero-order valence-electron chi connectivity index (χ0n) is 22.6. The van der Waals surface area contributed by atoms with Gasteiger partial charge in [-0.1, -0.05) is 72.8 Å². The molecule has 198 valence electrons. The summed E-state index contributed by atoms with van der Waals surface area (Å²) >= 11 is 0. The summed E-state index contributed by atoms with van der Waals surface area (Å²) in [6.45, 7) is 8.88. The minimum absolute atomic E-state index is 0.441. The SMILES string of the molecule is Cc1cc(C2(c3ccc(OCC4COC4)c(C)c3)c3ccccc3-c3ccccc32)ccc1OCC1COC1. The first-order valence-electron chi connectivity index (χ1n) is 14.0. The lowest BCUT2D eigenvalue weighted by molar-refractivity contribution is -0.0510. The van der Waals surface area contributed by atoms with Gasteiger partial charge in [-0.2, -0.15) is 0 Å². The molecule has 0 amide bonds. The Bertz CT molecular complexity index is 1400. The van der Waals surface area contributed by atoms with Gasteiger partial charge in [0.05, 0.1) is 45.1 Å². The standard InChI is InChI=1S/C35H34O4/c1-23-15-27(11-13-33(23)38-21-25-17-36-18-25)35(28-12-14-34(24(2)16-28)39-22-26-19-37-20-26)31-9-5-3-7-29(31)30-8-4-6-10-32(30)35/h3-16,25-26H,17-22H2,1-2H3. The highest BCUT2D eigenvalue weighted by molar-refractivity contribution is 5.86. The summed E-state index contributed by atoms with van der Waals surface area (Å²) in [7, 11) is 0. The molecule has 0 bridgehead atoms. The molecular formula is C35H34O4. The third kappa shape index (κ3) is 4.05. The Morgan fingerprint density at radius 1 is 0.615 bits per heavy atom. The van der Waals surface area contributed by atoms with E-state index in [2.05, 4.69) is 98.8 Å². The van der Waals surface area contributed by atoms with Crippen molar-refractivity contribution in [1.29, 1.82) is 0 Å². The number of aryl methyl sites for hydroxylation is 2. The van der Waals surface area contributed by atoms with E-state index in [0.717, 1.165) is 49.1 Å². The van der Waals surface area contributed by atoms with Gasteiger partial charge in [0.2, 0.25) is 0 Å². The molecule has 4 aromatic rings. The van der Waals surface area contributed by atoms with Crippen molar-refractivity contribution >= 4 is 0 Å². The van der Waals surface area contributed by atoms with Crippen molar-refractivity contribution in [2.75, 3.05) is 39.6 Å². The Hall–Kier alpha value is -3.60. The molecule has 0 saturated carbocycles. The quantitative estimate of drug-likeness (QED) is 0.229. The lowest BCUT2D eigenvalue weighted by Crippen LogP contribution is -2.33. The van der Waals surface area contributed by atoms with Crippen LogP contribution in [-0.2, 0) is 14.9 Å². The Labute approximate surface area is 230 Å². The topological polar surface area (TPSA) is 36.9 Å². The molecule has 2 fully saturated rings. The summed E-state index contributed by atoms with van der Waals surface area (Å²) in [6.07, 6.45) is 0. The molecule has 2 saturated heterocycles. The van der Waals surface area contributed by atoms with Crippen LogP contribution in [0.25, 0.3) is 11.1 Å². The van der Waals surface area contributed by atoms with Crippen LogP contribution in [0.15, 0.2) is 84.9 Å². The first-order valence-corrected chi connectivity index (χ1v) is 14.0. The molecule has 4 aromatic carbocycles. The van der Waals surface area contributed by atoms with Crippen molar-refractivity contribution < 1.29 is 18.9 Å². The average molecular weight is 519 g/mol. The lowest BCUT2D eigenvalue weighted by atomic mass is 9.67. The summed E-state index contributed by atoms with van der Waals surface area (Å²) < 4.78 is 23.1. The smallest absolute Gasteiger partial charge is 0.122 e. The maximum atomic E-state index is 6.23. The molecule has 0 atom stereocenters. The molecule has 39 heavy (non-hydrogen) atoms. The van der Waals surface area contributed by atoms with Crippen molar-refractivity contribution in [3.8, 4) is 22.6 Å². The van der Waals surface area contributed by atoms with Crippen LogP contribution in [0, 0.1) is 25.7 Å². The van der Waals surface area contributed by atoms with Crippen LogP contribution in [0.1, 0.15) is 33.4 Å². The first-order chi connectivity index (χ1) is 19.1. The molecule has 7 rings (SSSR count). The predicted molar refractivity (Wildman–Crippen MR) is 153 cm³/mol. The summed E-state index contributed by atoms with van der Waals surface area (Å²) in [5.74, 6) is 2.87. The van der Waals surface area contributed by atoms with Crippen LogP contribution < -0.4 is 9.47 Å². The van der Waals surface area contributed by atoms with Gasteiger partial charge in [0.1, 0.15) is 11.5 Å². The average Bonchev–Trinajstić information content (AvgIpc) is 3.20. The minimum atomic E-state index is -0.441. The summed E-state index contributed by atoms with van der Waals surface area (Å²) in [5.41, 5.74) is 9.55. The van der Waals surface area contributed by atoms with Crippen molar-refractivity contribution in [2.45, 2.75) is 19.3 Å². The second kappa shape index (κ2) is 9.86. The van der Waals surface area contributed by atoms with Crippen LogP contribution >= 0.6 is 0 Å². The Balaban J connectivity index is 1.36. The van der Waals surface area contributed by atoms with E-state index in [-0.39, 0.29) is 0 Å². The molecule has 4 heteroatoms. The Kier molecular flexibility index (Phi) is 6.18. The first kappa shape index (κ1) is 24.4. The third-order valence-corrected chi connectivity index (χ3v) is 8.53. The van der Waals surface area contributed by atoms with Gasteiger partial charge in [0, 0.05) is 11.8 Å². The Morgan fingerprint density at radius 3 is 1.44 bits per heavy atom. The van der Waals surface area contributed by atoms with Crippen molar-refractivity contribution in [1.82, 2.24) is 0 Å². The van der Waals surface area contributed by atoms with Crippen molar-refractivity contribution in [2.24, 2.45) is 11.8 Å². The third-order valence-electron chi connectivity index (χ3n) is 8.53. The summed E-state index contributed by atoms with van der Waals surface area (Å²) in [6, 6.07) is 31.2. The number of hydrogen-bond acceptors (Lipinski definition) is 4. The molecule has 1 aliphatic carbocycles. The van der Waals surface area contributed by atoms with Crippen molar-refractivity contribution in [3.05, 3.63) is 118 Å². The minimum Gasteiger partial charge on any atom is -0.493 e. The summed E-state index contributed by atoms with van der Waals surface area (Å²) in [4.78, 5) is 0. The highest BCUT2D eigenvalue weighted by atomic mass is 16.5. The number of rotatable bonds is 8. The number of ether oxygens (including phenoxy) is 4. The van der Waals surface area contributed by atoms with Crippen molar-refractivity contribution in [3.63, 3.8) is 0 Å². The normalized spacial score (nSPS) is 17.6. The van der Waals surface area contributed by atoms with Gasteiger partial charge in [-0.05, 0) is 70.5 Å². The monoisotopic (exact) mass is 518 g/mol. The second-order valence-electron chi connectivity index (χ2n) is 11.2. The fraction of sp³-hybridized carbons (Fsp3) is 0.314. The lowest BCUT2D eigenvalue weighted by Gasteiger charge is -2.35. The number of fused-ring (bicyclic) bond motifs is 3. The van der Waals surface area contributed by atoms with E-state index in [1.807, 2.05) is 0 Å². The predicted octanol–water partition coefficient (Wildman–Crippen LogP) is 6.72. The van der Waals surface area contributed by atoms with Crippen LogP contribution in [0.3, 0.4) is 0 Å². The van der Waals surface area contributed by atoms with E-state index in [4.69, 9.17) is 18.9 Å². The van der Waals surface area contributed by atoms with Crippen LogP contribution in [0.2, 0.25) is 0 Å². The van der Waals surface area contributed by atoms with Gasteiger partial charge in [0.25, 0.3) is 0 Å². The molecule has 0 N–H and O–H groups in total. The van der Waals surface area contributed by atoms with E-state index in [9.17, 15) is 0 Å². The Morgan fingerprint density at radius 2 is 1.05 bits per heavy atom. The van der Waals surface area contributed by atoms with Crippen LogP contribution in [0.5, 0.6) is 11.5 Å². The number of hydrogen-bond donors (Lipinski definition) is 0. The van der Waals surface area contributed by atoms with Crippen LogP contribution in [-0.4, -0.2) is 39.6 Å². The van der Waals surface area contributed by atoms with Crippen LogP contribution in [0.4, 0.5) is 0 Å². The van der Waals surface area contributed by atoms with Gasteiger partial charge in [-0.3, -0.25) is 0 Å². The molecule has 4 nitrogen and oxygen atoms in total. The zero-order chi connectivity index (χ0) is 26.4. The molecule has 2 aliphatic heterocycles. The second-order valence-corrected chi connectivity index (χ2v) is 11.2. The molecule has 0 unspecified atom stereocenters. The molecule has 3 aliphatic rings. The number of benzene rings is 4. The highest BCUT2D eigenvalue weighted by Gasteiger charge is 2.46. The highest BCUT2D eigenvalue weighted by Crippen LogP contribution is 2.56. The molecule has 0 radical (unpaired) electrons.